The van der Waals surface area contributed by atoms with E-state index in [0.29, 0.717) is 40.8 Å². The fourth-order valence-corrected chi connectivity index (χ4v) is 3.98. The van der Waals surface area contributed by atoms with E-state index < -0.39 is 11.9 Å². The highest BCUT2D eigenvalue weighted by Crippen LogP contribution is 2.47. The monoisotopic (exact) mass is 350 g/mol. The number of hydrogen-bond donors (Lipinski definition) is 1. The minimum atomic E-state index is -0.585. The van der Waals surface area contributed by atoms with E-state index in [1.54, 1.807) is 12.1 Å². The Kier molecular flexibility index (Phi) is 4.45. The molecule has 0 aromatic heterocycles. The maximum absolute atomic E-state index is 13.0. The van der Waals surface area contributed by atoms with Crippen molar-refractivity contribution in [2.45, 2.75) is 39.5 Å². The summed E-state index contributed by atoms with van der Waals surface area (Å²) >= 11 is 0. The summed E-state index contributed by atoms with van der Waals surface area (Å²) in [6.07, 6.45) is 1.12. The molecule has 0 radical (unpaired) electrons. The fourth-order valence-electron chi connectivity index (χ4n) is 3.98. The zero-order valence-electron chi connectivity index (χ0n) is 15.5. The molecule has 1 N–H and O–H groups in total. The molecule has 5 nitrogen and oxygen atoms in total. The van der Waals surface area contributed by atoms with Crippen LogP contribution in [0.2, 0.25) is 0 Å². The molecule has 0 bridgehead atoms. The predicted octanol–water partition coefficient (Wildman–Crippen LogP) is 3.34. The number of ether oxygens (including phenoxy) is 1. The molecule has 0 fully saturated rings. The van der Waals surface area contributed by atoms with Crippen LogP contribution in [0.15, 0.2) is 46.8 Å². The van der Waals surface area contributed by atoms with Crippen LogP contribution >= 0.6 is 0 Å². The first-order valence-corrected chi connectivity index (χ1v) is 8.60. The zero-order valence-corrected chi connectivity index (χ0v) is 15.5. The van der Waals surface area contributed by atoms with Gasteiger partial charge in [0.25, 0.3) is 0 Å². The normalized spacial score (nSPS) is 21.7. The smallest absolute Gasteiger partial charge is 0.336 e. The lowest BCUT2D eigenvalue weighted by Gasteiger charge is -2.39. The predicted molar refractivity (Wildman–Crippen MR) is 96.8 cm³/mol. The van der Waals surface area contributed by atoms with E-state index in [-0.39, 0.29) is 11.2 Å². The summed E-state index contributed by atoms with van der Waals surface area (Å²) in [5.74, 6) is -1.06. The number of rotatable bonds is 2. The Bertz CT molecular complexity index is 900. The lowest BCUT2D eigenvalue weighted by molar-refractivity contribution is -0.136. The van der Waals surface area contributed by atoms with Crippen LogP contribution in [-0.4, -0.2) is 18.9 Å². The number of esters is 1. The van der Waals surface area contributed by atoms with Crippen molar-refractivity contribution in [1.82, 2.24) is 5.32 Å². The van der Waals surface area contributed by atoms with Gasteiger partial charge in [0.05, 0.1) is 24.3 Å². The second kappa shape index (κ2) is 6.45. The standard InChI is InChI=1S/C21H22N2O3/c1-12-17(20(25)26-4)18(14-8-6-5-7-13(14)11-22)19-15(23-12)9-21(2,3)10-16(19)24/h5-8,18,23H,9-10H2,1-4H3. The number of nitrogens with one attached hydrogen (secondary N) is 1. The van der Waals surface area contributed by atoms with Crippen LogP contribution in [0.25, 0.3) is 0 Å². The topological polar surface area (TPSA) is 79.2 Å². The van der Waals surface area contributed by atoms with Crippen LogP contribution in [0.3, 0.4) is 0 Å². The number of benzene rings is 1. The molecule has 0 amide bonds. The molecule has 0 spiro atoms. The molecule has 1 aliphatic carbocycles. The molecule has 5 heteroatoms. The SMILES string of the molecule is COC(=O)C1=C(C)NC2=C(C(=O)CC(C)(C)C2)C1c1ccccc1C#N. The summed E-state index contributed by atoms with van der Waals surface area (Å²) in [4.78, 5) is 25.6. The molecule has 1 aromatic rings. The Morgan fingerprint density at radius 1 is 1.31 bits per heavy atom. The summed E-state index contributed by atoms with van der Waals surface area (Å²) in [6, 6.07) is 9.29. The molecule has 1 aliphatic heterocycles. The molecule has 1 aromatic carbocycles. The first-order valence-electron chi connectivity index (χ1n) is 8.60. The van der Waals surface area contributed by atoms with Crippen molar-refractivity contribution in [1.29, 1.82) is 5.26 Å². The maximum atomic E-state index is 13.0. The van der Waals surface area contributed by atoms with E-state index in [4.69, 9.17) is 4.74 Å². The van der Waals surface area contributed by atoms with Crippen LogP contribution in [0.4, 0.5) is 0 Å². The van der Waals surface area contributed by atoms with E-state index in [1.165, 1.54) is 7.11 Å². The molecule has 1 unspecified atom stereocenters. The molecule has 3 rings (SSSR count). The van der Waals surface area contributed by atoms with Crippen LogP contribution in [0.5, 0.6) is 0 Å². The number of nitriles is 1. The van der Waals surface area contributed by atoms with E-state index in [9.17, 15) is 14.9 Å². The van der Waals surface area contributed by atoms with Gasteiger partial charge in [-0.1, -0.05) is 32.0 Å². The third-order valence-electron chi connectivity index (χ3n) is 5.04. The van der Waals surface area contributed by atoms with E-state index >= 15 is 0 Å². The Hall–Kier alpha value is -2.87. The third-order valence-corrected chi connectivity index (χ3v) is 5.04. The van der Waals surface area contributed by atoms with Gasteiger partial charge in [0, 0.05) is 29.3 Å². The first kappa shape index (κ1) is 17.9. The van der Waals surface area contributed by atoms with E-state index in [1.807, 2.05) is 19.1 Å². The number of methoxy groups -OCH3 is 1. The second-order valence-corrected chi connectivity index (χ2v) is 7.62. The third kappa shape index (κ3) is 2.92. The molecular formula is C21H22N2O3. The highest BCUT2D eigenvalue weighted by atomic mass is 16.5. The Labute approximate surface area is 153 Å². The van der Waals surface area contributed by atoms with Gasteiger partial charge in [-0.05, 0) is 30.4 Å². The van der Waals surface area contributed by atoms with Crippen molar-refractivity contribution < 1.29 is 14.3 Å². The molecule has 1 atom stereocenters. The molecule has 0 saturated carbocycles. The number of dihydropyridines is 1. The summed E-state index contributed by atoms with van der Waals surface area (Å²) in [5.41, 5.74) is 3.45. The van der Waals surface area contributed by atoms with Gasteiger partial charge in [-0.15, -0.1) is 0 Å². The van der Waals surface area contributed by atoms with Gasteiger partial charge in [0.1, 0.15) is 0 Å². The summed E-state index contributed by atoms with van der Waals surface area (Å²) in [6.45, 7) is 5.93. The van der Waals surface area contributed by atoms with Gasteiger partial charge in [-0.25, -0.2) is 4.79 Å². The minimum Gasteiger partial charge on any atom is -0.466 e. The minimum absolute atomic E-state index is 0.00963. The lowest BCUT2D eigenvalue weighted by Crippen LogP contribution is -2.38. The largest absolute Gasteiger partial charge is 0.466 e. The van der Waals surface area contributed by atoms with Crippen molar-refractivity contribution in [3.05, 3.63) is 57.9 Å². The second-order valence-electron chi connectivity index (χ2n) is 7.62. The summed E-state index contributed by atoms with van der Waals surface area (Å²) in [7, 11) is 1.32. The zero-order chi connectivity index (χ0) is 19.1. The molecule has 134 valence electrons. The number of carbonyl (C=O) groups is 2. The quantitative estimate of drug-likeness (QED) is 0.828. The Morgan fingerprint density at radius 3 is 2.65 bits per heavy atom. The van der Waals surface area contributed by atoms with Crippen molar-refractivity contribution >= 4 is 11.8 Å². The lowest BCUT2D eigenvalue weighted by atomic mass is 9.68. The number of Topliss-reactive ketones (excluding diaryl/α,β-unsaturated/α-hetero) is 1. The van der Waals surface area contributed by atoms with Gasteiger partial charge in [0.15, 0.2) is 5.78 Å². The number of carbonyl (C=O) groups excluding carboxylic acids is 2. The number of ketones is 1. The molecule has 0 saturated heterocycles. The van der Waals surface area contributed by atoms with E-state index in [0.717, 1.165) is 5.70 Å². The molecule has 2 aliphatic rings. The highest BCUT2D eigenvalue weighted by molar-refractivity contribution is 6.04. The average Bonchev–Trinajstić information content (AvgIpc) is 2.58. The van der Waals surface area contributed by atoms with Crippen molar-refractivity contribution in [3.63, 3.8) is 0 Å². The average molecular weight is 350 g/mol. The van der Waals surface area contributed by atoms with Gasteiger partial charge in [-0.2, -0.15) is 5.26 Å². The fraction of sp³-hybridized carbons (Fsp3) is 0.381. The molecular weight excluding hydrogens is 328 g/mol. The van der Waals surface area contributed by atoms with Crippen LogP contribution < -0.4 is 5.32 Å². The number of nitrogens with zero attached hydrogens (tertiary/aromatic N) is 1. The molecule has 1 heterocycles. The van der Waals surface area contributed by atoms with Gasteiger partial charge < -0.3 is 10.1 Å². The van der Waals surface area contributed by atoms with Gasteiger partial charge in [-0.3, -0.25) is 4.79 Å². The number of allylic oxidation sites excluding steroid dienone is 3. The summed E-state index contributed by atoms with van der Waals surface area (Å²) < 4.78 is 4.99. The highest BCUT2D eigenvalue weighted by Gasteiger charge is 2.43. The van der Waals surface area contributed by atoms with Crippen LogP contribution in [-0.2, 0) is 14.3 Å². The van der Waals surface area contributed by atoms with Crippen molar-refractivity contribution in [2.75, 3.05) is 7.11 Å². The first-order chi connectivity index (χ1) is 12.3. The van der Waals surface area contributed by atoms with Crippen LogP contribution in [0, 0.1) is 16.7 Å². The van der Waals surface area contributed by atoms with Gasteiger partial charge in [0.2, 0.25) is 0 Å². The van der Waals surface area contributed by atoms with Gasteiger partial charge >= 0.3 is 5.97 Å². The molecule has 26 heavy (non-hydrogen) atoms. The van der Waals surface area contributed by atoms with Crippen molar-refractivity contribution in [2.24, 2.45) is 5.41 Å². The van der Waals surface area contributed by atoms with E-state index in [2.05, 4.69) is 25.2 Å². The van der Waals surface area contributed by atoms with Crippen molar-refractivity contribution in [3.8, 4) is 6.07 Å². The summed E-state index contributed by atoms with van der Waals surface area (Å²) in [5, 5.41) is 12.8. The maximum Gasteiger partial charge on any atom is 0.336 e. The van der Waals surface area contributed by atoms with Crippen LogP contribution in [0.1, 0.15) is 50.7 Å². The Morgan fingerprint density at radius 2 is 2.00 bits per heavy atom. The Balaban J connectivity index is 2.27. The number of hydrogen-bond acceptors (Lipinski definition) is 5.